The van der Waals surface area contributed by atoms with Crippen molar-refractivity contribution in [3.8, 4) is 11.5 Å². The number of hydrogen-bond donors (Lipinski definition) is 2. The molecule has 0 fully saturated rings. The van der Waals surface area contributed by atoms with Crippen LogP contribution in [0.4, 0.5) is 11.4 Å². The Hall–Kier alpha value is -0.281. The van der Waals surface area contributed by atoms with Crippen LogP contribution in [-0.4, -0.2) is 79.4 Å². The molecule has 0 saturated carbocycles. The van der Waals surface area contributed by atoms with E-state index in [-0.39, 0.29) is 143 Å². The van der Waals surface area contributed by atoms with Crippen LogP contribution in [0.25, 0.3) is 0 Å². The van der Waals surface area contributed by atoms with Gasteiger partial charge in [-0.3, -0.25) is 15.0 Å². The van der Waals surface area contributed by atoms with Crippen LogP contribution in [0.1, 0.15) is 0 Å². The molecule has 0 heterocycles. The van der Waals surface area contributed by atoms with E-state index in [1.54, 1.807) is 0 Å². The molecule has 2 aromatic carbocycles. The third-order valence-corrected chi connectivity index (χ3v) is 4.24. The molecule has 0 unspecified atom stereocenters. The summed E-state index contributed by atoms with van der Waals surface area (Å²) >= 11 is 0.612. The van der Waals surface area contributed by atoms with Crippen molar-refractivity contribution in [3.63, 3.8) is 0 Å². The predicted molar refractivity (Wildman–Crippen MR) is 117 cm³/mol. The Morgan fingerprint density at radius 3 is 1.59 bits per heavy atom. The predicted octanol–water partition coefficient (Wildman–Crippen LogP) is -11.3. The van der Waals surface area contributed by atoms with Crippen molar-refractivity contribution in [3.05, 3.63) is 36.4 Å². The molecule has 37 heavy (non-hydrogen) atoms. The van der Waals surface area contributed by atoms with Crippen molar-refractivity contribution in [2.45, 2.75) is 9.79 Å². The molecule has 0 spiro atoms. The van der Waals surface area contributed by atoms with E-state index in [9.17, 15) is 28.4 Å². The van der Waals surface area contributed by atoms with Crippen LogP contribution in [-0.2, 0) is 36.6 Å². The zero-order valence-electron chi connectivity index (χ0n) is 19.1. The second kappa shape index (κ2) is 31.9. The minimum Gasteiger partial charge on any atom is -0.744 e. The Morgan fingerprint density at radius 1 is 0.784 bits per heavy atom. The smallest absolute Gasteiger partial charge is 0.744 e. The van der Waals surface area contributed by atoms with Gasteiger partial charge in [-0.2, -0.15) is 4.33 Å². The summed E-state index contributed by atoms with van der Waals surface area (Å²) in [5.41, 5.74) is -0.0287. The fourth-order valence-electron chi connectivity index (χ4n) is 1.70. The second-order valence-corrected chi connectivity index (χ2v) is 6.68. The molecular weight excluding hydrogens is 617 g/mol. The van der Waals surface area contributed by atoms with Crippen molar-refractivity contribution < 1.29 is 158 Å². The molecular formula is C14H26MnN2Na2O16S2. The number of aromatic hydroxyl groups is 2. The van der Waals surface area contributed by atoms with Gasteiger partial charge in [-0.05, 0) is 36.4 Å². The molecule has 18 nitrogen and oxygen atoms in total. The molecule has 1 radical (unpaired) electrons. The monoisotopic (exact) mass is 643 g/mol. The molecule has 209 valence electrons. The maximum atomic E-state index is 11.0. The van der Waals surface area contributed by atoms with E-state index >= 15 is 0 Å². The number of rotatable bonds is 7. The van der Waals surface area contributed by atoms with Gasteiger partial charge in [-0.25, -0.2) is 8.42 Å². The van der Waals surface area contributed by atoms with Crippen molar-refractivity contribution in [1.82, 2.24) is 0 Å². The Balaban J connectivity index is -0.0000000828. The molecule has 0 aromatic heterocycles. The van der Waals surface area contributed by atoms with Gasteiger partial charge in [-0.15, -0.1) is 0 Å². The summed E-state index contributed by atoms with van der Waals surface area (Å²) in [6.45, 7) is 0. The van der Waals surface area contributed by atoms with E-state index < -0.39 is 15.0 Å². The van der Waals surface area contributed by atoms with Crippen LogP contribution in [0.2, 0.25) is 0 Å². The Labute approximate surface area is 269 Å². The summed E-state index contributed by atoms with van der Waals surface area (Å²) in [5, 5.41) is 32.3. The molecule has 0 aliphatic heterocycles. The third-order valence-electron chi connectivity index (χ3n) is 2.83. The third kappa shape index (κ3) is 22.3. The van der Waals surface area contributed by atoms with E-state index in [1.165, 1.54) is 18.2 Å². The molecule has 0 bridgehead atoms. The molecule has 2 rings (SSSR count). The first-order valence-electron chi connectivity index (χ1n) is 6.63. The minimum atomic E-state index is -4.68. The zero-order valence-corrected chi connectivity index (χ0v) is 25.9. The van der Waals surface area contributed by atoms with Crippen LogP contribution in [0.15, 0.2) is 56.2 Å². The van der Waals surface area contributed by atoms with Gasteiger partial charge < -0.3 is 63.8 Å². The standard InChI is InChI=1S/C14H12N2O8S2.Mn.2Na.8H2O/c17-13-3-1-9(25-24-23-19)7-11(13)15-5-6-16-12-8-10(26(20,21)22)2-4-14(12)18;;;;;;;;;;;/h1-8,17-19H,(H,20,21,22);;;;8*1H2/q;;2*+1;;;;;;;;/p-2. The fourth-order valence-corrected chi connectivity index (χ4v) is 2.58. The molecule has 2 aromatic rings. The number of nitrogens with zero attached hydrogens (tertiary/aromatic N) is 2. The van der Waals surface area contributed by atoms with E-state index in [2.05, 4.69) is 19.4 Å². The van der Waals surface area contributed by atoms with E-state index in [0.717, 1.165) is 30.6 Å². The first-order chi connectivity index (χ1) is 12.3. The van der Waals surface area contributed by atoms with Crippen molar-refractivity contribution in [1.29, 1.82) is 0 Å². The van der Waals surface area contributed by atoms with Crippen molar-refractivity contribution >= 4 is 46.0 Å². The van der Waals surface area contributed by atoms with Gasteiger partial charge in [0.2, 0.25) is 0 Å². The topological polar surface area (TPSA) is 416 Å². The van der Waals surface area contributed by atoms with Gasteiger partial charge in [-0.1, -0.05) is 0 Å². The molecule has 0 atom stereocenters. The summed E-state index contributed by atoms with van der Waals surface area (Å²) in [6.07, 6.45) is 2.28. The van der Waals surface area contributed by atoms with Crippen LogP contribution < -0.4 is 64.4 Å². The average Bonchev–Trinajstić information content (AvgIpc) is 2.59. The average molecular weight is 643 g/mol. The first kappa shape index (κ1) is 65.6. The van der Waals surface area contributed by atoms with Gasteiger partial charge in [0.25, 0.3) is 0 Å². The molecule has 0 aliphatic carbocycles. The number of aliphatic imine (C=N–C) groups is 2. The van der Waals surface area contributed by atoms with E-state index in [4.69, 9.17) is 0 Å². The van der Waals surface area contributed by atoms with Gasteiger partial charge in [0.05, 0.1) is 16.9 Å². The zero-order chi connectivity index (χ0) is 19.2. The summed E-state index contributed by atoms with van der Waals surface area (Å²) in [7, 11) is -4.68. The molecule has 0 amide bonds. The quantitative estimate of drug-likeness (QED) is 0.0721. The normalized spacial score (nSPS) is 8.59. The Morgan fingerprint density at radius 2 is 1.19 bits per heavy atom. The van der Waals surface area contributed by atoms with Crippen molar-refractivity contribution in [2.75, 3.05) is 0 Å². The number of benzene rings is 2. The van der Waals surface area contributed by atoms with E-state index in [0.29, 0.717) is 16.9 Å². The second-order valence-electron chi connectivity index (χ2n) is 4.53. The van der Waals surface area contributed by atoms with Crippen LogP contribution in [0.3, 0.4) is 0 Å². The minimum absolute atomic E-state index is 0. The van der Waals surface area contributed by atoms with Crippen molar-refractivity contribution in [2.24, 2.45) is 9.98 Å². The molecule has 18 N–H and O–H groups in total. The summed E-state index contributed by atoms with van der Waals surface area (Å²) in [6, 6.07) is 7.06. The summed E-state index contributed by atoms with van der Waals surface area (Å²) < 4.78 is 37.1. The fraction of sp³-hybridized carbons (Fsp3) is 0. The number of phenols is 2. The van der Waals surface area contributed by atoms with Crippen LogP contribution >= 0.6 is 12.0 Å². The molecule has 0 saturated heterocycles. The van der Waals surface area contributed by atoms with Gasteiger partial charge >= 0.3 is 59.1 Å². The number of hydrogen-bond acceptors (Lipinski definition) is 11. The van der Waals surface area contributed by atoms with E-state index in [1.807, 2.05) is 0 Å². The first-order valence-corrected chi connectivity index (χ1v) is 8.78. The maximum Gasteiger partial charge on any atom is 1.00 e. The molecule has 0 aliphatic rings. The van der Waals surface area contributed by atoms with Gasteiger partial charge in [0.1, 0.15) is 33.0 Å². The summed E-state index contributed by atoms with van der Waals surface area (Å²) in [5.74, 6) is -0.498. The summed E-state index contributed by atoms with van der Waals surface area (Å²) in [4.78, 5) is 7.60. The Kier molecular flexibility index (Phi) is 56.6. The number of phenolic OH excluding ortho intramolecular Hbond substituents is 2. The largest absolute Gasteiger partial charge is 1.00 e. The van der Waals surface area contributed by atoms with Gasteiger partial charge in [0.15, 0.2) is 0 Å². The van der Waals surface area contributed by atoms with Crippen LogP contribution in [0.5, 0.6) is 11.5 Å². The maximum absolute atomic E-state index is 11.0. The Bertz CT molecular complexity index is 972. The van der Waals surface area contributed by atoms with Crippen LogP contribution in [0, 0.1) is 0 Å². The van der Waals surface area contributed by atoms with Gasteiger partial charge in [0, 0.05) is 34.4 Å². The molecule has 23 heteroatoms. The SMILES string of the molecule is O.O.O.O.O.O.O.O.O=S(=O)([O-])c1ccc(O)c(N=CC=Nc2cc(SOO[O-])ccc2O)c1.[Mn].[Na+].[Na+].